The molecule has 0 radical (unpaired) electrons. The number of aromatic amines is 1. The number of carbonyl (C=O) groups is 1. The van der Waals surface area contributed by atoms with Gasteiger partial charge in [-0.3, -0.25) is 9.69 Å². The van der Waals surface area contributed by atoms with E-state index in [1.165, 1.54) is 0 Å². The lowest BCUT2D eigenvalue weighted by atomic mass is 10.1. The van der Waals surface area contributed by atoms with Crippen molar-refractivity contribution >= 4 is 16.9 Å². The Hall–Kier alpha value is -2.34. The number of nitrogens with zero attached hydrogens (tertiary/aromatic N) is 3. The smallest absolute Gasteiger partial charge is 0.319 e. The van der Waals surface area contributed by atoms with E-state index in [1.54, 1.807) is 19.0 Å². The Morgan fingerprint density at radius 2 is 1.87 bits per heavy atom. The van der Waals surface area contributed by atoms with Gasteiger partial charge in [0.15, 0.2) is 0 Å². The predicted octanol–water partition coefficient (Wildman–Crippen LogP) is 1.33. The summed E-state index contributed by atoms with van der Waals surface area (Å²) in [6, 6.07) is 9.81. The highest BCUT2D eigenvalue weighted by molar-refractivity contribution is 5.78. The summed E-state index contributed by atoms with van der Waals surface area (Å²) in [5.74, 6) is 0. The first-order chi connectivity index (χ1) is 11.0. The molecular weight excluding hydrogens is 292 g/mol. The molecule has 1 aliphatic rings. The fourth-order valence-corrected chi connectivity index (χ4v) is 2.93. The summed E-state index contributed by atoms with van der Waals surface area (Å²) in [6.45, 7) is 3.58. The Kier molecular flexibility index (Phi) is 4.34. The highest BCUT2D eigenvalue weighted by Crippen LogP contribution is 2.12. The highest BCUT2D eigenvalue weighted by Gasteiger charge is 2.22. The second-order valence-electron chi connectivity index (χ2n) is 6.15. The molecule has 0 aliphatic carbocycles. The fourth-order valence-electron chi connectivity index (χ4n) is 2.93. The minimum absolute atomic E-state index is 0.0319. The van der Waals surface area contributed by atoms with Crippen molar-refractivity contribution in [1.29, 1.82) is 0 Å². The second-order valence-corrected chi connectivity index (χ2v) is 6.15. The van der Waals surface area contributed by atoms with Gasteiger partial charge in [0.25, 0.3) is 5.56 Å². The molecule has 1 N–H and O–H groups in total. The Morgan fingerprint density at radius 1 is 1.17 bits per heavy atom. The molecule has 0 saturated carbocycles. The van der Waals surface area contributed by atoms with Crippen LogP contribution in [0.5, 0.6) is 0 Å². The third kappa shape index (κ3) is 3.37. The number of rotatable bonds is 2. The summed E-state index contributed by atoms with van der Waals surface area (Å²) in [5.41, 5.74) is 1.61. The lowest BCUT2D eigenvalue weighted by Gasteiger charge is -2.35. The van der Waals surface area contributed by atoms with Crippen molar-refractivity contribution in [2.45, 2.75) is 6.54 Å². The zero-order valence-corrected chi connectivity index (χ0v) is 13.6. The van der Waals surface area contributed by atoms with Crippen molar-refractivity contribution in [2.24, 2.45) is 0 Å². The average molecular weight is 314 g/mol. The summed E-state index contributed by atoms with van der Waals surface area (Å²) in [5, 5.41) is 1.04. The Balaban J connectivity index is 1.68. The number of hydrogen-bond acceptors (Lipinski definition) is 3. The van der Waals surface area contributed by atoms with Crippen LogP contribution in [0.3, 0.4) is 0 Å². The minimum Gasteiger partial charge on any atom is -0.331 e. The van der Waals surface area contributed by atoms with Crippen LogP contribution in [0.1, 0.15) is 5.56 Å². The molecule has 1 aromatic heterocycles. The van der Waals surface area contributed by atoms with Crippen molar-refractivity contribution in [3.05, 3.63) is 46.2 Å². The summed E-state index contributed by atoms with van der Waals surface area (Å²) in [7, 11) is 3.53. The minimum atomic E-state index is -0.0319. The van der Waals surface area contributed by atoms with E-state index in [2.05, 4.69) is 9.88 Å². The first-order valence-corrected chi connectivity index (χ1v) is 7.84. The Morgan fingerprint density at radius 3 is 2.57 bits per heavy atom. The number of H-pyrrole nitrogens is 1. The number of amides is 2. The van der Waals surface area contributed by atoms with Gasteiger partial charge in [-0.2, -0.15) is 0 Å². The topological polar surface area (TPSA) is 59.7 Å². The first kappa shape index (κ1) is 15.6. The van der Waals surface area contributed by atoms with Gasteiger partial charge < -0.3 is 14.8 Å². The Bertz CT molecular complexity index is 761. The molecule has 6 heteroatoms. The second kappa shape index (κ2) is 6.42. The van der Waals surface area contributed by atoms with E-state index in [0.717, 1.165) is 29.6 Å². The van der Waals surface area contributed by atoms with E-state index in [9.17, 15) is 9.59 Å². The van der Waals surface area contributed by atoms with Gasteiger partial charge in [-0.05, 0) is 17.5 Å². The van der Waals surface area contributed by atoms with Crippen molar-refractivity contribution < 1.29 is 4.79 Å². The van der Waals surface area contributed by atoms with Crippen LogP contribution in [0.2, 0.25) is 0 Å². The number of aromatic nitrogens is 1. The lowest BCUT2D eigenvalue weighted by Crippen LogP contribution is -2.51. The highest BCUT2D eigenvalue weighted by atomic mass is 16.2. The molecule has 0 unspecified atom stereocenters. The Labute approximate surface area is 135 Å². The van der Waals surface area contributed by atoms with E-state index in [4.69, 9.17) is 0 Å². The van der Waals surface area contributed by atoms with Crippen molar-refractivity contribution in [3.63, 3.8) is 0 Å². The first-order valence-electron chi connectivity index (χ1n) is 7.84. The van der Waals surface area contributed by atoms with Gasteiger partial charge in [-0.25, -0.2) is 4.79 Å². The number of nitrogens with one attached hydrogen (secondary N) is 1. The maximum atomic E-state index is 12.2. The number of benzene rings is 1. The zero-order chi connectivity index (χ0) is 16.4. The van der Waals surface area contributed by atoms with Gasteiger partial charge in [0.1, 0.15) is 0 Å². The summed E-state index contributed by atoms with van der Waals surface area (Å²) >= 11 is 0. The number of urea groups is 1. The number of carbonyl (C=O) groups excluding carboxylic acids is 1. The molecule has 122 valence electrons. The van der Waals surface area contributed by atoms with Crippen LogP contribution < -0.4 is 5.56 Å². The van der Waals surface area contributed by atoms with Gasteiger partial charge in [-0.1, -0.05) is 18.2 Å². The van der Waals surface area contributed by atoms with E-state index < -0.39 is 0 Å². The van der Waals surface area contributed by atoms with E-state index in [-0.39, 0.29) is 11.6 Å². The molecule has 0 bridgehead atoms. The fraction of sp³-hybridized carbons (Fsp3) is 0.412. The normalized spacial score (nSPS) is 15.8. The van der Waals surface area contributed by atoms with E-state index in [0.29, 0.717) is 19.6 Å². The molecule has 3 rings (SSSR count). The lowest BCUT2D eigenvalue weighted by molar-refractivity contribution is 0.120. The van der Waals surface area contributed by atoms with Gasteiger partial charge in [0, 0.05) is 57.9 Å². The SMILES string of the molecule is CN(C)C(=O)N1CCN(Cc2cc3ccccc3[nH]c2=O)CC1. The van der Waals surface area contributed by atoms with Crippen LogP contribution in [-0.4, -0.2) is 66.0 Å². The van der Waals surface area contributed by atoms with Crippen LogP contribution in [0.25, 0.3) is 10.9 Å². The molecule has 1 aliphatic heterocycles. The summed E-state index contributed by atoms with van der Waals surface area (Å²) in [4.78, 5) is 32.8. The molecule has 0 spiro atoms. The number of pyridine rings is 1. The largest absolute Gasteiger partial charge is 0.331 e. The van der Waals surface area contributed by atoms with E-state index in [1.807, 2.05) is 35.2 Å². The maximum absolute atomic E-state index is 12.2. The molecule has 1 fully saturated rings. The maximum Gasteiger partial charge on any atom is 0.319 e. The predicted molar refractivity (Wildman–Crippen MR) is 90.5 cm³/mol. The number of piperazine rings is 1. The van der Waals surface area contributed by atoms with Crippen molar-refractivity contribution in [2.75, 3.05) is 40.3 Å². The standard InChI is InChI=1S/C17H22N4O2/c1-19(2)17(23)21-9-7-20(8-10-21)12-14-11-13-5-3-4-6-15(13)18-16(14)22/h3-6,11H,7-10,12H2,1-2H3,(H,18,22). The number of hydrogen-bond donors (Lipinski definition) is 1. The molecule has 2 heterocycles. The van der Waals surface area contributed by atoms with Crippen LogP contribution in [0, 0.1) is 0 Å². The van der Waals surface area contributed by atoms with Gasteiger partial charge in [0.05, 0.1) is 0 Å². The summed E-state index contributed by atoms with van der Waals surface area (Å²) < 4.78 is 0. The number of para-hydroxylation sites is 1. The molecule has 6 nitrogen and oxygen atoms in total. The molecule has 1 aromatic carbocycles. The van der Waals surface area contributed by atoms with Crippen LogP contribution in [0.4, 0.5) is 4.79 Å². The van der Waals surface area contributed by atoms with Crippen LogP contribution >= 0.6 is 0 Å². The molecule has 0 atom stereocenters. The van der Waals surface area contributed by atoms with Crippen LogP contribution in [0.15, 0.2) is 35.1 Å². The quantitative estimate of drug-likeness (QED) is 0.910. The van der Waals surface area contributed by atoms with Gasteiger partial charge >= 0.3 is 6.03 Å². The average Bonchev–Trinajstić information content (AvgIpc) is 2.55. The molecule has 1 saturated heterocycles. The molecule has 23 heavy (non-hydrogen) atoms. The van der Waals surface area contributed by atoms with Crippen molar-refractivity contribution in [1.82, 2.24) is 19.7 Å². The third-order valence-corrected chi connectivity index (χ3v) is 4.25. The van der Waals surface area contributed by atoms with Gasteiger partial charge in [0.2, 0.25) is 0 Å². The molecule has 2 amide bonds. The van der Waals surface area contributed by atoms with E-state index >= 15 is 0 Å². The molecule has 2 aromatic rings. The monoisotopic (exact) mass is 314 g/mol. The van der Waals surface area contributed by atoms with Crippen LogP contribution in [-0.2, 0) is 6.54 Å². The van der Waals surface area contributed by atoms with Crippen molar-refractivity contribution in [3.8, 4) is 0 Å². The summed E-state index contributed by atoms with van der Waals surface area (Å²) in [6.07, 6.45) is 0. The zero-order valence-electron chi connectivity index (χ0n) is 13.6. The van der Waals surface area contributed by atoms with Gasteiger partial charge in [-0.15, -0.1) is 0 Å². The molecular formula is C17H22N4O2. The third-order valence-electron chi connectivity index (χ3n) is 4.25. The number of fused-ring (bicyclic) bond motifs is 1.